The van der Waals surface area contributed by atoms with Crippen LogP contribution in [0.5, 0.6) is 0 Å². The number of amides is 1. The molecular formula is C10H16N4O4. The van der Waals surface area contributed by atoms with Crippen molar-refractivity contribution in [1.82, 2.24) is 15.1 Å². The number of aliphatic hydroxyl groups is 1. The predicted molar refractivity (Wildman–Crippen MR) is 61.4 cm³/mol. The van der Waals surface area contributed by atoms with Crippen LogP contribution < -0.4 is 11.1 Å². The summed E-state index contributed by atoms with van der Waals surface area (Å²) < 4.78 is 1.49. The summed E-state index contributed by atoms with van der Waals surface area (Å²) in [6, 6.07) is -2.13. The minimum absolute atomic E-state index is 0.0686. The highest BCUT2D eigenvalue weighted by molar-refractivity contribution is 5.87. The van der Waals surface area contributed by atoms with Crippen molar-refractivity contribution in [3.05, 3.63) is 18.0 Å². The summed E-state index contributed by atoms with van der Waals surface area (Å²) in [4.78, 5) is 22.5. The lowest BCUT2D eigenvalue weighted by molar-refractivity contribution is -0.142. The monoisotopic (exact) mass is 256 g/mol. The van der Waals surface area contributed by atoms with E-state index in [0.29, 0.717) is 5.56 Å². The number of carbonyl (C=O) groups is 2. The average molecular weight is 256 g/mol. The molecule has 5 N–H and O–H groups in total. The van der Waals surface area contributed by atoms with E-state index in [1.807, 2.05) is 0 Å². The average Bonchev–Trinajstić information content (AvgIpc) is 2.74. The van der Waals surface area contributed by atoms with Crippen molar-refractivity contribution in [2.75, 3.05) is 6.61 Å². The van der Waals surface area contributed by atoms with E-state index in [1.165, 1.54) is 10.9 Å². The zero-order valence-corrected chi connectivity index (χ0v) is 9.91. The van der Waals surface area contributed by atoms with Gasteiger partial charge in [0, 0.05) is 31.8 Å². The molecule has 100 valence electrons. The summed E-state index contributed by atoms with van der Waals surface area (Å²) in [5.74, 6) is -1.83. The van der Waals surface area contributed by atoms with E-state index in [4.69, 9.17) is 15.9 Å². The van der Waals surface area contributed by atoms with Crippen LogP contribution in [0.25, 0.3) is 0 Å². The van der Waals surface area contributed by atoms with Gasteiger partial charge >= 0.3 is 5.97 Å². The molecule has 1 heterocycles. The third kappa shape index (κ3) is 3.54. The summed E-state index contributed by atoms with van der Waals surface area (Å²) in [6.45, 7) is -0.334. The zero-order chi connectivity index (χ0) is 13.7. The van der Waals surface area contributed by atoms with E-state index in [-0.39, 0.29) is 13.0 Å². The second kappa shape index (κ2) is 6.12. The predicted octanol–water partition coefficient (Wildman–Crippen LogP) is -1.63. The molecule has 2 unspecified atom stereocenters. The molecule has 0 aromatic carbocycles. The first-order chi connectivity index (χ1) is 8.45. The smallest absolute Gasteiger partial charge is 0.326 e. The summed E-state index contributed by atoms with van der Waals surface area (Å²) in [5.41, 5.74) is 6.16. The minimum Gasteiger partial charge on any atom is -0.480 e. The lowest BCUT2D eigenvalue weighted by atomic mass is 10.1. The van der Waals surface area contributed by atoms with Gasteiger partial charge in [-0.05, 0) is 0 Å². The SMILES string of the molecule is Cn1cc(C(N)C(=O)NC(CCO)C(=O)O)cn1. The first kappa shape index (κ1) is 14.1. The number of rotatable bonds is 6. The molecule has 18 heavy (non-hydrogen) atoms. The molecule has 1 aromatic rings. The van der Waals surface area contributed by atoms with Gasteiger partial charge in [-0.15, -0.1) is 0 Å². The highest BCUT2D eigenvalue weighted by Crippen LogP contribution is 2.09. The van der Waals surface area contributed by atoms with Gasteiger partial charge in [0.2, 0.25) is 5.91 Å². The van der Waals surface area contributed by atoms with Crippen molar-refractivity contribution in [3.63, 3.8) is 0 Å². The number of nitrogens with zero attached hydrogens (tertiary/aromatic N) is 2. The maximum absolute atomic E-state index is 11.7. The molecule has 2 atom stereocenters. The molecule has 0 bridgehead atoms. The topological polar surface area (TPSA) is 130 Å². The molecule has 0 aliphatic rings. The largest absolute Gasteiger partial charge is 0.480 e. The molecule has 1 rings (SSSR count). The highest BCUT2D eigenvalue weighted by Gasteiger charge is 2.24. The van der Waals surface area contributed by atoms with Crippen LogP contribution in [-0.2, 0) is 16.6 Å². The molecule has 8 nitrogen and oxygen atoms in total. The molecule has 1 aromatic heterocycles. The van der Waals surface area contributed by atoms with Gasteiger partial charge in [-0.2, -0.15) is 5.10 Å². The first-order valence-corrected chi connectivity index (χ1v) is 5.34. The molecular weight excluding hydrogens is 240 g/mol. The second-order valence-corrected chi connectivity index (χ2v) is 3.84. The van der Waals surface area contributed by atoms with Gasteiger partial charge in [0.05, 0.1) is 6.20 Å². The molecule has 0 saturated heterocycles. The van der Waals surface area contributed by atoms with Crippen LogP contribution >= 0.6 is 0 Å². The Morgan fingerprint density at radius 1 is 1.61 bits per heavy atom. The Hall–Kier alpha value is -1.93. The molecule has 0 saturated carbocycles. The number of aromatic nitrogens is 2. The van der Waals surface area contributed by atoms with E-state index < -0.39 is 24.0 Å². The number of hydrogen-bond donors (Lipinski definition) is 4. The van der Waals surface area contributed by atoms with Gasteiger partial charge < -0.3 is 21.3 Å². The van der Waals surface area contributed by atoms with Crippen LogP contribution in [0.2, 0.25) is 0 Å². The van der Waals surface area contributed by atoms with Crippen molar-refractivity contribution in [3.8, 4) is 0 Å². The van der Waals surface area contributed by atoms with E-state index >= 15 is 0 Å². The van der Waals surface area contributed by atoms with Gasteiger partial charge in [-0.3, -0.25) is 9.48 Å². The van der Waals surface area contributed by atoms with Crippen molar-refractivity contribution < 1.29 is 19.8 Å². The van der Waals surface area contributed by atoms with Crippen LogP contribution in [0.15, 0.2) is 12.4 Å². The Labute approximate surface area is 103 Å². The number of aliphatic hydroxyl groups excluding tert-OH is 1. The molecule has 0 fully saturated rings. The summed E-state index contributed by atoms with van der Waals surface area (Å²) in [6.07, 6.45) is 2.94. The summed E-state index contributed by atoms with van der Waals surface area (Å²) in [7, 11) is 1.68. The third-order valence-electron chi connectivity index (χ3n) is 2.40. The van der Waals surface area contributed by atoms with Gasteiger partial charge in [0.15, 0.2) is 0 Å². The maximum atomic E-state index is 11.7. The Morgan fingerprint density at radius 2 is 2.28 bits per heavy atom. The van der Waals surface area contributed by atoms with Crippen LogP contribution in [-0.4, -0.2) is 44.5 Å². The minimum atomic E-state index is -1.21. The fraction of sp³-hybridized carbons (Fsp3) is 0.500. The third-order valence-corrected chi connectivity index (χ3v) is 2.40. The molecule has 0 radical (unpaired) electrons. The number of hydrogen-bond acceptors (Lipinski definition) is 5. The Balaban J connectivity index is 2.66. The number of aryl methyl sites for hydroxylation is 1. The number of carboxylic acids is 1. The standard InChI is InChI=1S/C10H16N4O4/c1-14-5-6(4-12-14)8(11)9(16)13-7(2-3-15)10(17)18/h4-5,7-8,15H,2-3,11H2,1H3,(H,13,16)(H,17,18). The van der Waals surface area contributed by atoms with Crippen molar-refractivity contribution >= 4 is 11.9 Å². The van der Waals surface area contributed by atoms with E-state index in [9.17, 15) is 9.59 Å². The fourth-order valence-electron chi connectivity index (χ4n) is 1.40. The van der Waals surface area contributed by atoms with Crippen molar-refractivity contribution in [1.29, 1.82) is 0 Å². The maximum Gasteiger partial charge on any atom is 0.326 e. The summed E-state index contributed by atoms with van der Waals surface area (Å²) >= 11 is 0. The second-order valence-electron chi connectivity index (χ2n) is 3.84. The molecule has 0 aliphatic heterocycles. The number of aliphatic carboxylic acids is 1. The Morgan fingerprint density at radius 3 is 2.72 bits per heavy atom. The Kier molecular flexibility index (Phi) is 4.81. The van der Waals surface area contributed by atoms with Crippen LogP contribution in [0, 0.1) is 0 Å². The number of nitrogens with one attached hydrogen (secondary N) is 1. The normalized spacial score (nSPS) is 13.9. The zero-order valence-electron chi connectivity index (χ0n) is 9.91. The van der Waals surface area contributed by atoms with Crippen LogP contribution in [0.4, 0.5) is 0 Å². The molecule has 1 amide bonds. The van der Waals surface area contributed by atoms with Crippen molar-refractivity contribution in [2.24, 2.45) is 12.8 Å². The van der Waals surface area contributed by atoms with Gasteiger partial charge in [0.25, 0.3) is 0 Å². The quantitative estimate of drug-likeness (QED) is 0.483. The van der Waals surface area contributed by atoms with E-state index in [0.717, 1.165) is 0 Å². The number of nitrogens with two attached hydrogens (primary N) is 1. The van der Waals surface area contributed by atoms with Gasteiger partial charge in [0.1, 0.15) is 12.1 Å². The number of carboxylic acid groups (broad SMARTS) is 1. The first-order valence-electron chi connectivity index (χ1n) is 5.34. The molecule has 0 aliphatic carbocycles. The number of carbonyl (C=O) groups excluding carboxylic acids is 1. The molecule has 0 spiro atoms. The van der Waals surface area contributed by atoms with E-state index in [1.54, 1.807) is 13.2 Å². The lowest BCUT2D eigenvalue weighted by Crippen LogP contribution is -2.45. The van der Waals surface area contributed by atoms with Gasteiger partial charge in [-0.25, -0.2) is 4.79 Å². The van der Waals surface area contributed by atoms with Crippen molar-refractivity contribution in [2.45, 2.75) is 18.5 Å². The van der Waals surface area contributed by atoms with Crippen LogP contribution in [0.1, 0.15) is 18.0 Å². The Bertz CT molecular complexity index is 431. The summed E-state index contributed by atoms with van der Waals surface area (Å²) in [5, 5.41) is 23.7. The van der Waals surface area contributed by atoms with Crippen LogP contribution in [0.3, 0.4) is 0 Å². The molecule has 8 heteroatoms. The lowest BCUT2D eigenvalue weighted by Gasteiger charge is -2.16. The van der Waals surface area contributed by atoms with E-state index in [2.05, 4.69) is 10.4 Å². The van der Waals surface area contributed by atoms with Gasteiger partial charge in [-0.1, -0.05) is 0 Å². The fourth-order valence-corrected chi connectivity index (χ4v) is 1.40. The highest BCUT2D eigenvalue weighted by atomic mass is 16.4.